The van der Waals surface area contributed by atoms with Crippen molar-refractivity contribution in [3.63, 3.8) is 0 Å². The topological polar surface area (TPSA) is 44.2 Å². The molecule has 1 aliphatic rings. The second-order valence-electron chi connectivity index (χ2n) is 4.90. The van der Waals surface area contributed by atoms with Crippen LogP contribution in [-0.2, 0) is 6.42 Å². The van der Waals surface area contributed by atoms with E-state index in [1.807, 2.05) is 18.5 Å². The number of aromatic nitrogens is 2. The predicted octanol–water partition coefficient (Wildman–Crippen LogP) is 3.26. The van der Waals surface area contributed by atoms with Gasteiger partial charge >= 0.3 is 0 Å². The highest BCUT2D eigenvalue weighted by molar-refractivity contribution is 5.64. The minimum Gasteiger partial charge on any atom is -0.492 e. The summed E-state index contributed by atoms with van der Waals surface area (Å²) in [5, 5.41) is 0. The fourth-order valence-corrected chi connectivity index (χ4v) is 2.27. The molecule has 0 N–H and O–H groups in total. The molecule has 0 atom stereocenters. The van der Waals surface area contributed by atoms with Crippen molar-refractivity contribution in [3.8, 4) is 22.8 Å². The Morgan fingerprint density at radius 2 is 2.10 bits per heavy atom. The highest BCUT2D eigenvalue weighted by Gasteiger charge is 2.13. The Balaban J connectivity index is 1.88. The van der Waals surface area contributed by atoms with E-state index in [2.05, 4.69) is 23.0 Å². The molecule has 3 rings (SSSR count). The van der Waals surface area contributed by atoms with Gasteiger partial charge in [0.25, 0.3) is 0 Å². The van der Waals surface area contributed by atoms with Crippen LogP contribution in [0.15, 0.2) is 30.7 Å². The van der Waals surface area contributed by atoms with Gasteiger partial charge in [-0.2, -0.15) is 0 Å². The summed E-state index contributed by atoms with van der Waals surface area (Å²) in [7, 11) is 0. The third-order valence-corrected chi connectivity index (χ3v) is 3.27. The first-order valence-electron chi connectivity index (χ1n) is 7.07. The largest absolute Gasteiger partial charge is 0.492 e. The Morgan fingerprint density at radius 3 is 3.00 bits per heavy atom. The average Bonchev–Trinajstić information content (AvgIpc) is 2.53. The van der Waals surface area contributed by atoms with E-state index in [4.69, 9.17) is 9.47 Å². The van der Waals surface area contributed by atoms with Crippen LogP contribution in [0.5, 0.6) is 11.6 Å². The molecule has 0 spiro atoms. The maximum absolute atomic E-state index is 5.62. The van der Waals surface area contributed by atoms with E-state index in [-0.39, 0.29) is 0 Å². The number of nitrogens with zero attached hydrogens (tertiary/aromatic N) is 2. The smallest absolute Gasteiger partial charge is 0.216 e. The van der Waals surface area contributed by atoms with E-state index in [9.17, 15) is 0 Å². The second kappa shape index (κ2) is 5.90. The van der Waals surface area contributed by atoms with Gasteiger partial charge in [0.1, 0.15) is 5.75 Å². The van der Waals surface area contributed by atoms with Crippen LogP contribution in [0.1, 0.15) is 25.3 Å². The maximum atomic E-state index is 5.62. The molecule has 20 heavy (non-hydrogen) atoms. The number of ether oxygens (including phenoxy) is 2. The van der Waals surface area contributed by atoms with Gasteiger partial charge in [-0.15, -0.1) is 0 Å². The lowest BCUT2D eigenvalue weighted by atomic mass is 10.0. The highest BCUT2D eigenvalue weighted by Crippen LogP contribution is 2.28. The number of pyridine rings is 2. The lowest BCUT2D eigenvalue weighted by Crippen LogP contribution is -2.09. The number of hydrogen-bond donors (Lipinski definition) is 0. The summed E-state index contributed by atoms with van der Waals surface area (Å²) in [5.74, 6) is 1.57. The summed E-state index contributed by atoms with van der Waals surface area (Å²) in [6.07, 6.45) is 8.48. The lowest BCUT2D eigenvalue weighted by molar-refractivity contribution is 0.276. The van der Waals surface area contributed by atoms with Gasteiger partial charge in [0.2, 0.25) is 5.88 Å². The summed E-state index contributed by atoms with van der Waals surface area (Å²) in [4.78, 5) is 8.64. The van der Waals surface area contributed by atoms with Gasteiger partial charge < -0.3 is 9.47 Å². The van der Waals surface area contributed by atoms with Crippen LogP contribution in [0.2, 0.25) is 0 Å². The quantitative estimate of drug-likeness (QED) is 0.855. The van der Waals surface area contributed by atoms with E-state index in [1.165, 1.54) is 5.56 Å². The molecule has 3 heterocycles. The Kier molecular flexibility index (Phi) is 3.81. The van der Waals surface area contributed by atoms with E-state index in [1.54, 1.807) is 6.20 Å². The molecule has 0 bridgehead atoms. The molecular formula is C16H18N2O2. The van der Waals surface area contributed by atoms with Crippen molar-refractivity contribution in [3.05, 3.63) is 36.3 Å². The molecule has 0 aromatic carbocycles. The predicted molar refractivity (Wildman–Crippen MR) is 77.1 cm³/mol. The number of hydrogen-bond acceptors (Lipinski definition) is 4. The van der Waals surface area contributed by atoms with Crippen molar-refractivity contribution < 1.29 is 9.47 Å². The molecule has 0 radical (unpaired) electrons. The molecule has 0 unspecified atom stereocenters. The van der Waals surface area contributed by atoms with Crippen molar-refractivity contribution in [1.29, 1.82) is 0 Å². The SMILES string of the molecule is CCCOc1cncc(-c2cnc3c(c2)CCCO3)c1. The summed E-state index contributed by atoms with van der Waals surface area (Å²) in [6.45, 7) is 3.56. The lowest BCUT2D eigenvalue weighted by Gasteiger charge is -2.16. The molecule has 4 nitrogen and oxygen atoms in total. The minimum atomic E-state index is 0.710. The van der Waals surface area contributed by atoms with E-state index in [0.29, 0.717) is 6.61 Å². The number of aryl methyl sites for hydroxylation is 1. The van der Waals surface area contributed by atoms with Crippen LogP contribution in [0.3, 0.4) is 0 Å². The Bertz CT molecular complexity index is 599. The third kappa shape index (κ3) is 2.74. The number of fused-ring (bicyclic) bond motifs is 1. The molecule has 0 aliphatic carbocycles. The van der Waals surface area contributed by atoms with Crippen molar-refractivity contribution in [2.24, 2.45) is 0 Å². The van der Waals surface area contributed by atoms with Crippen molar-refractivity contribution >= 4 is 0 Å². The van der Waals surface area contributed by atoms with Crippen LogP contribution in [0.4, 0.5) is 0 Å². The summed E-state index contributed by atoms with van der Waals surface area (Å²) in [5.41, 5.74) is 3.26. The van der Waals surface area contributed by atoms with Gasteiger partial charge in [-0.05, 0) is 31.4 Å². The summed E-state index contributed by atoms with van der Waals surface area (Å²) < 4.78 is 11.2. The van der Waals surface area contributed by atoms with Crippen LogP contribution in [0, 0.1) is 0 Å². The highest BCUT2D eigenvalue weighted by atomic mass is 16.5. The van der Waals surface area contributed by atoms with Gasteiger partial charge in [-0.1, -0.05) is 6.92 Å². The zero-order chi connectivity index (χ0) is 13.8. The summed E-state index contributed by atoms with van der Waals surface area (Å²) in [6, 6.07) is 4.15. The van der Waals surface area contributed by atoms with Crippen molar-refractivity contribution in [2.45, 2.75) is 26.2 Å². The third-order valence-electron chi connectivity index (χ3n) is 3.27. The normalized spacial score (nSPS) is 13.4. The molecule has 0 amide bonds. The molecule has 0 saturated heterocycles. The monoisotopic (exact) mass is 270 g/mol. The fourth-order valence-electron chi connectivity index (χ4n) is 2.27. The molecule has 1 aliphatic heterocycles. The number of rotatable bonds is 4. The molecule has 2 aromatic heterocycles. The second-order valence-corrected chi connectivity index (χ2v) is 4.90. The van der Waals surface area contributed by atoms with Crippen LogP contribution < -0.4 is 9.47 Å². The Morgan fingerprint density at radius 1 is 1.20 bits per heavy atom. The van der Waals surface area contributed by atoms with Crippen molar-refractivity contribution in [1.82, 2.24) is 9.97 Å². The van der Waals surface area contributed by atoms with E-state index in [0.717, 1.165) is 48.6 Å². The van der Waals surface area contributed by atoms with Gasteiger partial charge in [0.05, 0.1) is 19.4 Å². The van der Waals surface area contributed by atoms with Crippen LogP contribution in [-0.4, -0.2) is 23.2 Å². The fraction of sp³-hybridized carbons (Fsp3) is 0.375. The Labute approximate surface area is 118 Å². The molecule has 104 valence electrons. The first-order chi connectivity index (χ1) is 9.86. The standard InChI is InChI=1S/C16H18N2O2/c1-2-5-19-15-8-14(9-17-11-15)13-7-12-4-3-6-20-16(12)18-10-13/h7-11H,2-6H2,1H3. The molecule has 4 heteroatoms. The average molecular weight is 270 g/mol. The van der Waals surface area contributed by atoms with Crippen molar-refractivity contribution in [2.75, 3.05) is 13.2 Å². The first kappa shape index (κ1) is 12.9. The maximum Gasteiger partial charge on any atom is 0.216 e. The molecule has 0 saturated carbocycles. The van der Waals surface area contributed by atoms with Gasteiger partial charge in [0.15, 0.2) is 0 Å². The molecular weight excluding hydrogens is 252 g/mol. The van der Waals surface area contributed by atoms with Crippen LogP contribution >= 0.6 is 0 Å². The zero-order valence-corrected chi connectivity index (χ0v) is 11.6. The zero-order valence-electron chi connectivity index (χ0n) is 11.6. The molecule has 0 fully saturated rings. The van der Waals surface area contributed by atoms with E-state index >= 15 is 0 Å². The Hall–Kier alpha value is -2.10. The van der Waals surface area contributed by atoms with E-state index < -0.39 is 0 Å². The van der Waals surface area contributed by atoms with Gasteiger partial charge in [0, 0.05) is 29.1 Å². The van der Waals surface area contributed by atoms with Crippen LogP contribution in [0.25, 0.3) is 11.1 Å². The summed E-state index contributed by atoms with van der Waals surface area (Å²) >= 11 is 0. The molecule has 2 aromatic rings. The van der Waals surface area contributed by atoms with Gasteiger partial charge in [-0.25, -0.2) is 4.98 Å². The first-order valence-corrected chi connectivity index (χ1v) is 7.07. The minimum absolute atomic E-state index is 0.710. The van der Waals surface area contributed by atoms with Gasteiger partial charge in [-0.3, -0.25) is 4.98 Å².